The van der Waals surface area contributed by atoms with Gasteiger partial charge in [-0.2, -0.15) is 8.42 Å². The summed E-state index contributed by atoms with van der Waals surface area (Å²) in [6.45, 7) is 2.63. The second-order valence-electron chi connectivity index (χ2n) is 10.5. The summed E-state index contributed by atoms with van der Waals surface area (Å²) in [6, 6.07) is 24.7. The fourth-order valence-electron chi connectivity index (χ4n) is 5.69. The predicted molar refractivity (Wildman–Crippen MR) is 148 cm³/mol. The second-order valence-corrected chi connectivity index (χ2v) is 12.1. The molecule has 3 fully saturated rings. The third-order valence-corrected chi connectivity index (χ3v) is 8.16. The van der Waals surface area contributed by atoms with Gasteiger partial charge in [0.25, 0.3) is 0 Å². The fourth-order valence-corrected chi connectivity index (χ4v) is 6.15. The lowest BCUT2D eigenvalue weighted by Crippen LogP contribution is -3.00. The average Bonchev–Trinajstić information content (AvgIpc) is 2.92. The van der Waals surface area contributed by atoms with Gasteiger partial charge >= 0.3 is 16.1 Å². The zero-order chi connectivity index (χ0) is 27.5. The Morgan fingerprint density at radius 1 is 0.925 bits per heavy atom. The number of nitrogens with one attached hydrogen (secondary N) is 1. The number of para-hydroxylation sites is 1. The molecule has 3 aliphatic heterocycles. The minimum absolute atomic E-state index is 0. The maximum Gasteiger partial charge on any atom is 0.333 e. The molecule has 3 heterocycles. The summed E-state index contributed by atoms with van der Waals surface area (Å²) in [4.78, 5) is 26.8. The van der Waals surface area contributed by atoms with E-state index in [4.69, 9.17) is 8.92 Å². The van der Waals surface area contributed by atoms with Crippen molar-refractivity contribution in [1.29, 1.82) is 0 Å². The van der Waals surface area contributed by atoms with E-state index in [9.17, 15) is 18.0 Å². The van der Waals surface area contributed by atoms with Crippen LogP contribution in [-0.4, -0.2) is 63.2 Å². The number of hydrogen-bond acceptors (Lipinski definition) is 7. The van der Waals surface area contributed by atoms with Crippen LogP contribution >= 0.6 is 0 Å². The summed E-state index contributed by atoms with van der Waals surface area (Å²) in [5, 5.41) is 3.33. The highest BCUT2D eigenvalue weighted by molar-refractivity contribution is 7.86. The largest absolute Gasteiger partial charge is 1.00 e. The topological polar surface area (TPSA) is 98.8 Å². The Labute approximate surface area is 245 Å². The third kappa shape index (κ3) is 7.30. The zero-order valence-electron chi connectivity index (χ0n) is 22.2. The number of fused-ring (bicyclic) bond motifs is 3. The molecule has 0 aromatic heterocycles. The molecule has 1 N–H and O–H groups in total. The van der Waals surface area contributed by atoms with E-state index < -0.39 is 16.2 Å². The Bertz CT molecular complexity index is 1410. The Balaban J connectivity index is 0.00000370. The summed E-state index contributed by atoms with van der Waals surface area (Å²) in [7, 11) is -3.63. The summed E-state index contributed by atoms with van der Waals surface area (Å²) in [5.41, 5.74) is 2.16. The van der Waals surface area contributed by atoms with Gasteiger partial charge in [-0.3, -0.25) is 4.79 Å². The first-order chi connectivity index (χ1) is 18.7. The first-order valence-corrected chi connectivity index (χ1v) is 15.0. The van der Waals surface area contributed by atoms with Crippen molar-refractivity contribution >= 4 is 27.6 Å². The van der Waals surface area contributed by atoms with E-state index in [1.54, 1.807) is 12.1 Å². The number of ether oxygens (including phenoxy) is 1. The normalized spacial score (nSPS) is 22.4. The predicted octanol–water partition coefficient (Wildman–Crippen LogP) is 1.22. The lowest BCUT2D eigenvalue weighted by molar-refractivity contribution is -0.938. The smallest absolute Gasteiger partial charge is 0.333 e. The number of nitrogens with zero attached hydrogens (tertiary/aromatic N) is 1. The minimum Gasteiger partial charge on any atom is -1.00 e. The minimum atomic E-state index is -3.63. The highest BCUT2D eigenvalue weighted by Crippen LogP contribution is 2.37. The van der Waals surface area contributed by atoms with Crippen LogP contribution in [0.25, 0.3) is 0 Å². The number of benzene rings is 3. The number of ketones is 1. The van der Waals surface area contributed by atoms with Crippen LogP contribution in [0.2, 0.25) is 0 Å². The first-order valence-electron chi connectivity index (χ1n) is 13.1. The SMILES string of the molecule is CS(=O)(=O)Oc1ccc(C(=O)C[N+]23CCC(CC2)[C@@H](OC(=O)[C@H](Nc2ccccc2)c2ccccc2)C3)cc1.[Br-]. The highest BCUT2D eigenvalue weighted by atomic mass is 79.9. The molecule has 212 valence electrons. The van der Waals surface area contributed by atoms with Gasteiger partial charge in [0.1, 0.15) is 18.8 Å². The number of halogens is 1. The van der Waals surface area contributed by atoms with E-state index in [1.807, 2.05) is 60.7 Å². The molecule has 2 bridgehead atoms. The number of piperidine rings is 3. The van der Waals surface area contributed by atoms with Crippen molar-refractivity contribution < 1.29 is 48.4 Å². The number of rotatable bonds is 10. The van der Waals surface area contributed by atoms with Crippen LogP contribution in [0, 0.1) is 5.92 Å². The summed E-state index contributed by atoms with van der Waals surface area (Å²) in [5.74, 6) is 0.0996. The molecule has 10 heteroatoms. The Morgan fingerprint density at radius 3 is 2.12 bits per heavy atom. The van der Waals surface area contributed by atoms with Crippen LogP contribution < -0.4 is 26.5 Å². The number of Topliss-reactive ketones (excluding diaryl/α,β-unsaturated/α-hetero) is 1. The van der Waals surface area contributed by atoms with Crippen LogP contribution in [0.3, 0.4) is 0 Å². The van der Waals surface area contributed by atoms with Crippen LogP contribution in [-0.2, 0) is 19.6 Å². The van der Waals surface area contributed by atoms with Gasteiger partial charge < -0.3 is 35.7 Å². The van der Waals surface area contributed by atoms with E-state index in [0.717, 1.165) is 43.4 Å². The van der Waals surface area contributed by atoms with Crippen LogP contribution in [0.15, 0.2) is 84.9 Å². The molecule has 3 aliphatic rings. The Hall–Kier alpha value is -3.21. The van der Waals surface area contributed by atoms with E-state index >= 15 is 0 Å². The summed E-state index contributed by atoms with van der Waals surface area (Å²) < 4.78 is 34.4. The molecule has 3 saturated heterocycles. The molecule has 40 heavy (non-hydrogen) atoms. The standard InChI is InChI=1S/C30H33N2O6S.BrH/c1-39(35,36)38-26-14-12-22(13-15-26)27(33)20-32-18-16-23(17-19-32)28(21-32)37-30(34)29(24-8-4-2-5-9-24)31-25-10-6-3-7-11-25;/h2-15,23,28-29,31H,16-21H2,1H3;1H/q+1;/p-1/t23?,28-,29+,32?;/m0./s1. The number of esters is 1. The number of carbonyl (C=O) groups excluding carboxylic acids is 2. The van der Waals surface area contributed by atoms with E-state index in [1.165, 1.54) is 12.1 Å². The molecule has 0 radical (unpaired) electrons. The van der Waals surface area contributed by atoms with Gasteiger partial charge in [-0.1, -0.05) is 48.5 Å². The molecule has 3 aromatic carbocycles. The molecule has 2 atom stereocenters. The molecular weight excluding hydrogens is 596 g/mol. The molecule has 0 spiro atoms. The summed E-state index contributed by atoms with van der Waals surface area (Å²) in [6.07, 6.45) is 2.51. The van der Waals surface area contributed by atoms with Crippen molar-refractivity contribution in [1.82, 2.24) is 0 Å². The maximum atomic E-state index is 13.6. The van der Waals surface area contributed by atoms with Crippen LogP contribution in [0.4, 0.5) is 5.69 Å². The van der Waals surface area contributed by atoms with Crippen LogP contribution in [0.1, 0.15) is 34.8 Å². The molecule has 0 saturated carbocycles. The van der Waals surface area contributed by atoms with E-state index in [0.29, 0.717) is 23.1 Å². The molecule has 0 amide bonds. The van der Waals surface area contributed by atoms with Crippen molar-refractivity contribution in [3.05, 3.63) is 96.1 Å². The van der Waals surface area contributed by atoms with Gasteiger partial charge in [0.2, 0.25) is 5.78 Å². The lowest BCUT2D eigenvalue weighted by atomic mass is 9.82. The molecule has 0 unspecified atom stereocenters. The van der Waals surface area contributed by atoms with Gasteiger partial charge in [-0.05, 0) is 42.0 Å². The zero-order valence-corrected chi connectivity index (χ0v) is 24.6. The van der Waals surface area contributed by atoms with Gasteiger partial charge in [-0.15, -0.1) is 0 Å². The van der Waals surface area contributed by atoms with Gasteiger partial charge in [0.05, 0.1) is 19.3 Å². The molecule has 8 nitrogen and oxygen atoms in total. The quantitative estimate of drug-likeness (QED) is 0.156. The number of carbonyl (C=O) groups is 2. The second kappa shape index (κ2) is 12.5. The summed E-state index contributed by atoms with van der Waals surface area (Å²) >= 11 is 0. The van der Waals surface area contributed by atoms with E-state index in [2.05, 4.69) is 5.32 Å². The Morgan fingerprint density at radius 2 is 1.52 bits per heavy atom. The molecular formula is C30H33BrN2O6S. The van der Waals surface area contributed by atoms with Crippen LogP contribution in [0.5, 0.6) is 5.75 Å². The fraction of sp³-hybridized carbons (Fsp3) is 0.333. The molecule has 3 aromatic rings. The molecule has 6 rings (SSSR count). The van der Waals surface area contributed by atoms with Crippen molar-refractivity contribution in [2.75, 3.05) is 37.8 Å². The van der Waals surface area contributed by atoms with Crippen molar-refractivity contribution in [2.24, 2.45) is 5.92 Å². The Kier molecular flexibility index (Phi) is 9.33. The highest BCUT2D eigenvalue weighted by Gasteiger charge is 2.49. The number of quaternary nitrogens is 1. The van der Waals surface area contributed by atoms with Gasteiger partial charge in [-0.25, -0.2) is 4.79 Å². The van der Waals surface area contributed by atoms with Gasteiger partial charge in [0, 0.05) is 30.0 Å². The third-order valence-electron chi connectivity index (χ3n) is 7.67. The lowest BCUT2D eigenvalue weighted by Gasteiger charge is -2.51. The van der Waals surface area contributed by atoms with Crippen molar-refractivity contribution in [2.45, 2.75) is 25.0 Å². The average molecular weight is 630 g/mol. The van der Waals surface area contributed by atoms with Crippen molar-refractivity contribution in [3.8, 4) is 5.75 Å². The van der Waals surface area contributed by atoms with E-state index in [-0.39, 0.29) is 46.5 Å². The van der Waals surface area contributed by atoms with Crippen molar-refractivity contribution in [3.63, 3.8) is 0 Å². The first kappa shape index (κ1) is 29.8. The maximum absolute atomic E-state index is 13.6. The number of anilines is 1. The molecule has 0 aliphatic carbocycles. The monoisotopic (exact) mass is 628 g/mol. The number of hydrogen-bond donors (Lipinski definition) is 1. The van der Waals surface area contributed by atoms with Gasteiger partial charge in [0.15, 0.2) is 12.1 Å².